The lowest BCUT2D eigenvalue weighted by atomic mass is 10.0. The zero-order valence-electron chi connectivity index (χ0n) is 11.6. The van der Waals surface area contributed by atoms with Gasteiger partial charge in [0.1, 0.15) is 10.7 Å². The molecule has 5 nitrogen and oxygen atoms in total. The molecule has 0 bridgehead atoms. The van der Waals surface area contributed by atoms with Crippen LogP contribution in [0.1, 0.15) is 24.2 Å². The number of carbonyl (C=O) groups is 1. The molecule has 1 aliphatic heterocycles. The normalized spacial score (nSPS) is 16.8. The lowest BCUT2D eigenvalue weighted by molar-refractivity contribution is 0.0520. The van der Waals surface area contributed by atoms with Gasteiger partial charge in [-0.2, -0.15) is 5.26 Å². The van der Waals surface area contributed by atoms with Crippen molar-refractivity contribution < 1.29 is 4.79 Å². The molecule has 1 fully saturated rings. The van der Waals surface area contributed by atoms with E-state index in [1.54, 1.807) is 23.2 Å². The topological polar surface area (TPSA) is 60.2 Å². The highest BCUT2D eigenvalue weighted by molar-refractivity contribution is 6.32. The molecule has 0 atom stereocenters. The van der Waals surface area contributed by atoms with Crippen molar-refractivity contribution in [3.8, 4) is 6.07 Å². The van der Waals surface area contributed by atoms with Gasteiger partial charge in [-0.25, -0.2) is 4.98 Å². The summed E-state index contributed by atoms with van der Waals surface area (Å²) in [4.78, 5) is 20.1. The van der Waals surface area contributed by atoms with Crippen LogP contribution in [0.2, 0.25) is 5.15 Å². The number of nitrogens with zero attached hydrogens (tertiary/aromatic N) is 4. The van der Waals surface area contributed by atoms with Crippen LogP contribution in [0.3, 0.4) is 0 Å². The summed E-state index contributed by atoms with van der Waals surface area (Å²) in [5.41, 5.74) is -0.0664. The SMILES string of the molecule is CC(C)(C#N)N1CCN(C(=O)c2cccnc2Cl)CC1. The van der Waals surface area contributed by atoms with Gasteiger partial charge in [0.15, 0.2) is 0 Å². The van der Waals surface area contributed by atoms with E-state index in [1.807, 2.05) is 13.8 Å². The Morgan fingerprint density at radius 1 is 1.40 bits per heavy atom. The van der Waals surface area contributed by atoms with E-state index in [4.69, 9.17) is 16.9 Å². The van der Waals surface area contributed by atoms with Gasteiger partial charge in [-0.05, 0) is 26.0 Å². The maximum Gasteiger partial charge on any atom is 0.257 e. The average molecular weight is 293 g/mol. The summed E-state index contributed by atoms with van der Waals surface area (Å²) in [6.07, 6.45) is 1.56. The maximum atomic E-state index is 12.4. The highest BCUT2D eigenvalue weighted by Gasteiger charge is 2.31. The second kappa shape index (κ2) is 5.78. The smallest absolute Gasteiger partial charge is 0.257 e. The van der Waals surface area contributed by atoms with Crippen molar-refractivity contribution in [2.45, 2.75) is 19.4 Å². The Morgan fingerprint density at radius 3 is 2.60 bits per heavy atom. The molecular weight excluding hydrogens is 276 g/mol. The Kier molecular flexibility index (Phi) is 4.26. The maximum absolute atomic E-state index is 12.4. The van der Waals surface area contributed by atoms with Crippen LogP contribution >= 0.6 is 11.6 Å². The molecule has 1 aliphatic rings. The van der Waals surface area contributed by atoms with Gasteiger partial charge in [0.05, 0.1) is 11.6 Å². The Labute approximate surface area is 123 Å². The first-order valence-corrected chi connectivity index (χ1v) is 6.89. The van der Waals surface area contributed by atoms with E-state index in [-0.39, 0.29) is 11.1 Å². The van der Waals surface area contributed by atoms with Crippen molar-refractivity contribution in [1.29, 1.82) is 5.26 Å². The monoisotopic (exact) mass is 292 g/mol. The predicted octanol–water partition coefficient (Wildman–Crippen LogP) is 1.79. The molecule has 1 amide bonds. The molecule has 0 N–H and O–H groups in total. The van der Waals surface area contributed by atoms with Crippen molar-refractivity contribution >= 4 is 17.5 Å². The summed E-state index contributed by atoms with van der Waals surface area (Å²) in [6.45, 7) is 6.34. The third kappa shape index (κ3) is 2.92. The highest BCUT2D eigenvalue weighted by Crippen LogP contribution is 2.19. The van der Waals surface area contributed by atoms with Gasteiger partial charge in [0, 0.05) is 32.4 Å². The molecule has 1 aromatic heterocycles. The van der Waals surface area contributed by atoms with Crippen LogP contribution in [0.4, 0.5) is 0 Å². The van der Waals surface area contributed by atoms with Crippen LogP contribution in [-0.4, -0.2) is 52.4 Å². The van der Waals surface area contributed by atoms with Gasteiger partial charge >= 0.3 is 0 Å². The first kappa shape index (κ1) is 14.8. The Morgan fingerprint density at radius 2 is 2.05 bits per heavy atom. The number of hydrogen-bond donors (Lipinski definition) is 0. The molecule has 0 aliphatic carbocycles. The quantitative estimate of drug-likeness (QED) is 0.780. The number of piperazine rings is 1. The lowest BCUT2D eigenvalue weighted by Crippen LogP contribution is -2.55. The molecular formula is C14H17ClN4O. The number of halogens is 1. The third-order valence-corrected chi connectivity index (χ3v) is 3.92. The van der Waals surface area contributed by atoms with Crippen molar-refractivity contribution in [3.63, 3.8) is 0 Å². The zero-order chi connectivity index (χ0) is 14.8. The van der Waals surface area contributed by atoms with Gasteiger partial charge in [0.2, 0.25) is 0 Å². The number of carbonyl (C=O) groups excluding carboxylic acids is 1. The van der Waals surface area contributed by atoms with E-state index in [0.717, 1.165) is 0 Å². The molecule has 106 valence electrons. The Bertz CT molecular complexity index is 544. The number of nitriles is 1. The molecule has 6 heteroatoms. The van der Waals surface area contributed by atoms with E-state index >= 15 is 0 Å². The molecule has 2 rings (SSSR count). The molecule has 2 heterocycles. The predicted molar refractivity (Wildman–Crippen MR) is 76.4 cm³/mol. The Hall–Kier alpha value is -1.64. The molecule has 0 unspecified atom stereocenters. The molecule has 0 saturated carbocycles. The van der Waals surface area contributed by atoms with Gasteiger partial charge < -0.3 is 4.90 Å². The lowest BCUT2D eigenvalue weighted by Gasteiger charge is -2.40. The third-order valence-electron chi connectivity index (χ3n) is 3.62. The summed E-state index contributed by atoms with van der Waals surface area (Å²) < 4.78 is 0. The number of pyridine rings is 1. The second-order valence-corrected chi connectivity index (χ2v) is 5.65. The van der Waals surface area contributed by atoms with Crippen LogP contribution in [0, 0.1) is 11.3 Å². The van der Waals surface area contributed by atoms with Crippen LogP contribution in [-0.2, 0) is 0 Å². The largest absolute Gasteiger partial charge is 0.336 e. The standard InChI is InChI=1S/C14H17ClN4O/c1-14(2,10-16)19-8-6-18(7-9-19)13(20)11-4-3-5-17-12(11)15/h3-5H,6-9H2,1-2H3. The van der Waals surface area contributed by atoms with E-state index in [2.05, 4.69) is 16.0 Å². The second-order valence-electron chi connectivity index (χ2n) is 5.29. The first-order chi connectivity index (χ1) is 9.45. The van der Waals surface area contributed by atoms with Crippen molar-refractivity contribution in [2.75, 3.05) is 26.2 Å². The summed E-state index contributed by atoms with van der Waals surface area (Å²) in [5, 5.41) is 9.37. The van der Waals surface area contributed by atoms with Crippen LogP contribution in [0.25, 0.3) is 0 Å². The van der Waals surface area contributed by atoms with Crippen LogP contribution in [0.5, 0.6) is 0 Å². The highest BCUT2D eigenvalue weighted by atomic mass is 35.5. The number of hydrogen-bond acceptors (Lipinski definition) is 4. The van der Waals surface area contributed by atoms with E-state index < -0.39 is 5.54 Å². The van der Waals surface area contributed by atoms with Gasteiger partial charge in [-0.3, -0.25) is 9.69 Å². The van der Waals surface area contributed by atoms with E-state index in [9.17, 15) is 4.79 Å². The molecule has 20 heavy (non-hydrogen) atoms. The fraction of sp³-hybridized carbons (Fsp3) is 0.500. The van der Waals surface area contributed by atoms with Gasteiger partial charge in [-0.1, -0.05) is 11.6 Å². The van der Waals surface area contributed by atoms with Crippen LogP contribution in [0.15, 0.2) is 18.3 Å². The fourth-order valence-corrected chi connectivity index (χ4v) is 2.46. The van der Waals surface area contributed by atoms with Crippen molar-refractivity contribution in [2.24, 2.45) is 0 Å². The molecule has 1 aromatic rings. The minimum Gasteiger partial charge on any atom is -0.336 e. The molecule has 0 spiro atoms. The fourth-order valence-electron chi connectivity index (χ4n) is 2.26. The minimum absolute atomic E-state index is 0.0995. The van der Waals surface area contributed by atoms with E-state index in [0.29, 0.717) is 31.7 Å². The zero-order valence-corrected chi connectivity index (χ0v) is 12.4. The summed E-state index contributed by atoms with van der Waals surface area (Å²) in [7, 11) is 0. The average Bonchev–Trinajstić information content (AvgIpc) is 2.47. The molecule has 0 aromatic carbocycles. The van der Waals surface area contributed by atoms with Crippen molar-refractivity contribution in [1.82, 2.24) is 14.8 Å². The van der Waals surface area contributed by atoms with Gasteiger partial charge in [0.25, 0.3) is 5.91 Å². The summed E-state index contributed by atoms with van der Waals surface area (Å²) >= 11 is 5.95. The van der Waals surface area contributed by atoms with Gasteiger partial charge in [-0.15, -0.1) is 0 Å². The summed E-state index contributed by atoms with van der Waals surface area (Å²) in [5.74, 6) is -0.0995. The summed E-state index contributed by atoms with van der Waals surface area (Å²) in [6, 6.07) is 5.67. The Balaban J connectivity index is 2.03. The minimum atomic E-state index is -0.499. The number of aromatic nitrogens is 1. The van der Waals surface area contributed by atoms with E-state index in [1.165, 1.54) is 0 Å². The first-order valence-electron chi connectivity index (χ1n) is 6.52. The molecule has 0 radical (unpaired) electrons. The van der Waals surface area contributed by atoms with Crippen LogP contribution < -0.4 is 0 Å². The number of rotatable bonds is 2. The van der Waals surface area contributed by atoms with Crippen molar-refractivity contribution in [3.05, 3.63) is 29.0 Å². The molecule has 1 saturated heterocycles. The number of amides is 1.